The molecule has 2 aromatic heterocycles. The number of carbonyl (C=O) groups is 2. The lowest BCUT2D eigenvalue weighted by Crippen LogP contribution is -2.43. The van der Waals surface area contributed by atoms with Crippen molar-refractivity contribution in [1.82, 2.24) is 9.88 Å². The second kappa shape index (κ2) is 6.54. The van der Waals surface area contributed by atoms with Crippen LogP contribution < -0.4 is 5.32 Å². The molecule has 1 fully saturated rings. The fraction of sp³-hybridized carbons (Fsp3) is 0.438. The standard InChI is InChI=1S/C16H19N3O3S/c1-10(2)11-9-23-16(17-11)18-14(20)12-5-3-7-19(12)15(21)13-6-4-8-22-13/h4,6,8-10,12H,3,5,7H2,1-2H3,(H,17,18,20)/t12-/m0/s1. The Morgan fingerprint density at radius 1 is 1.48 bits per heavy atom. The highest BCUT2D eigenvalue weighted by molar-refractivity contribution is 7.13. The second-order valence-electron chi connectivity index (χ2n) is 5.86. The Labute approximate surface area is 138 Å². The normalized spacial score (nSPS) is 17.7. The molecule has 0 saturated carbocycles. The summed E-state index contributed by atoms with van der Waals surface area (Å²) in [6.07, 6.45) is 2.92. The van der Waals surface area contributed by atoms with E-state index in [1.807, 2.05) is 5.38 Å². The first-order chi connectivity index (χ1) is 11.1. The van der Waals surface area contributed by atoms with Gasteiger partial charge >= 0.3 is 0 Å². The summed E-state index contributed by atoms with van der Waals surface area (Å²) in [5.74, 6) is 0.156. The second-order valence-corrected chi connectivity index (χ2v) is 6.71. The molecule has 0 aliphatic carbocycles. The predicted octanol–water partition coefficient (Wildman–Crippen LogP) is 3.10. The fourth-order valence-corrected chi connectivity index (χ4v) is 3.50. The lowest BCUT2D eigenvalue weighted by atomic mass is 10.2. The van der Waals surface area contributed by atoms with Gasteiger partial charge in [-0.15, -0.1) is 11.3 Å². The minimum atomic E-state index is -0.473. The van der Waals surface area contributed by atoms with Gasteiger partial charge in [0.1, 0.15) is 6.04 Å². The Kier molecular flexibility index (Phi) is 4.47. The number of nitrogens with one attached hydrogen (secondary N) is 1. The van der Waals surface area contributed by atoms with Crippen molar-refractivity contribution in [2.24, 2.45) is 0 Å². The third-order valence-electron chi connectivity index (χ3n) is 3.89. The average molecular weight is 333 g/mol. The average Bonchev–Trinajstić information content (AvgIpc) is 3.26. The van der Waals surface area contributed by atoms with Gasteiger partial charge < -0.3 is 14.6 Å². The van der Waals surface area contributed by atoms with E-state index in [0.29, 0.717) is 24.0 Å². The summed E-state index contributed by atoms with van der Waals surface area (Å²) in [4.78, 5) is 30.9. The highest BCUT2D eigenvalue weighted by Crippen LogP contribution is 2.25. The Morgan fingerprint density at radius 2 is 2.30 bits per heavy atom. The maximum atomic E-state index is 12.5. The van der Waals surface area contributed by atoms with Crippen molar-refractivity contribution in [2.75, 3.05) is 11.9 Å². The summed E-state index contributed by atoms with van der Waals surface area (Å²) in [6.45, 7) is 4.68. The van der Waals surface area contributed by atoms with Crippen LogP contribution in [-0.4, -0.2) is 34.3 Å². The van der Waals surface area contributed by atoms with Gasteiger partial charge in [0.15, 0.2) is 10.9 Å². The third-order valence-corrected chi connectivity index (χ3v) is 4.67. The number of anilines is 1. The number of aromatic nitrogens is 1. The Bertz CT molecular complexity index is 693. The third kappa shape index (κ3) is 3.29. The Balaban J connectivity index is 1.69. The van der Waals surface area contributed by atoms with Crippen LogP contribution in [0.5, 0.6) is 0 Å². The lowest BCUT2D eigenvalue weighted by molar-refractivity contribution is -0.119. The molecule has 1 N–H and O–H groups in total. The molecular weight excluding hydrogens is 314 g/mol. The van der Waals surface area contributed by atoms with Gasteiger partial charge in [-0.1, -0.05) is 13.8 Å². The van der Waals surface area contributed by atoms with E-state index in [4.69, 9.17) is 4.42 Å². The van der Waals surface area contributed by atoms with Gasteiger partial charge in [-0.3, -0.25) is 9.59 Å². The number of furan rings is 1. The van der Waals surface area contributed by atoms with Gasteiger partial charge in [-0.2, -0.15) is 0 Å². The number of nitrogens with zero attached hydrogens (tertiary/aromatic N) is 2. The van der Waals surface area contributed by atoms with E-state index in [1.54, 1.807) is 17.0 Å². The molecule has 1 atom stereocenters. The molecule has 122 valence electrons. The molecule has 1 saturated heterocycles. The van der Waals surface area contributed by atoms with Gasteiger partial charge in [0.05, 0.1) is 12.0 Å². The van der Waals surface area contributed by atoms with E-state index in [2.05, 4.69) is 24.1 Å². The molecule has 0 unspecified atom stereocenters. The van der Waals surface area contributed by atoms with Gasteiger partial charge in [0.2, 0.25) is 5.91 Å². The zero-order chi connectivity index (χ0) is 16.4. The van der Waals surface area contributed by atoms with Crippen molar-refractivity contribution >= 4 is 28.3 Å². The van der Waals surface area contributed by atoms with Gasteiger partial charge in [-0.05, 0) is 30.9 Å². The van der Waals surface area contributed by atoms with Crippen LogP contribution in [0.3, 0.4) is 0 Å². The van der Waals surface area contributed by atoms with Gasteiger partial charge in [-0.25, -0.2) is 4.98 Å². The van der Waals surface area contributed by atoms with E-state index >= 15 is 0 Å². The van der Waals surface area contributed by atoms with E-state index in [9.17, 15) is 9.59 Å². The SMILES string of the molecule is CC(C)c1csc(NC(=O)[C@@H]2CCCN2C(=O)c2ccco2)n1. The predicted molar refractivity (Wildman–Crippen MR) is 87.6 cm³/mol. The van der Waals surface area contributed by atoms with Crippen molar-refractivity contribution < 1.29 is 14.0 Å². The number of hydrogen-bond donors (Lipinski definition) is 1. The number of carbonyl (C=O) groups excluding carboxylic acids is 2. The van der Waals surface area contributed by atoms with Crippen molar-refractivity contribution in [3.8, 4) is 0 Å². The van der Waals surface area contributed by atoms with Gasteiger partial charge in [0, 0.05) is 11.9 Å². The highest BCUT2D eigenvalue weighted by Gasteiger charge is 2.35. The van der Waals surface area contributed by atoms with Crippen LogP contribution in [0, 0.1) is 0 Å². The Hall–Kier alpha value is -2.15. The molecule has 0 bridgehead atoms. The Morgan fingerprint density at radius 3 is 2.96 bits per heavy atom. The van der Waals surface area contributed by atoms with Crippen molar-refractivity contribution in [3.63, 3.8) is 0 Å². The molecule has 3 heterocycles. The molecule has 2 amide bonds. The van der Waals surface area contributed by atoms with E-state index in [1.165, 1.54) is 17.6 Å². The zero-order valence-electron chi connectivity index (χ0n) is 13.1. The molecule has 3 rings (SSSR count). The number of amides is 2. The molecule has 1 aliphatic heterocycles. The van der Waals surface area contributed by atoms with Crippen LogP contribution in [0.1, 0.15) is 48.9 Å². The number of likely N-dealkylation sites (tertiary alicyclic amines) is 1. The first-order valence-corrected chi connectivity index (χ1v) is 8.55. The van der Waals surface area contributed by atoms with Crippen LogP contribution in [-0.2, 0) is 4.79 Å². The molecule has 1 aliphatic rings. The van der Waals surface area contributed by atoms with Crippen molar-refractivity contribution in [2.45, 2.75) is 38.6 Å². The van der Waals surface area contributed by atoms with Crippen molar-refractivity contribution in [1.29, 1.82) is 0 Å². The summed E-state index contributed by atoms with van der Waals surface area (Å²) in [7, 11) is 0. The van der Waals surface area contributed by atoms with Crippen LogP contribution in [0.4, 0.5) is 5.13 Å². The van der Waals surface area contributed by atoms with E-state index in [-0.39, 0.29) is 17.6 Å². The van der Waals surface area contributed by atoms with Crippen LogP contribution in [0.15, 0.2) is 28.2 Å². The monoisotopic (exact) mass is 333 g/mol. The molecule has 2 aromatic rings. The summed E-state index contributed by atoms with van der Waals surface area (Å²) in [5.41, 5.74) is 0.959. The summed E-state index contributed by atoms with van der Waals surface area (Å²) < 4.78 is 5.15. The van der Waals surface area contributed by atoms with Gasteiger partial charge in [0.25, 0.3) is 5.91 Å². The minimum Gasteiger partial charge on any atom is -0.459 e. The maximum Gasteiger partial charge on any atom is 0.290 e. The van der Waals surface area contributed by atoms with E-state index in [0.717, 1.165) is 12.1 Å². The quantitative estimate of drug-likeness (QED) is 0.933. The molecule has 0 aromatic carbocycles. The first-order valence-electron chi connectivity index (χ1n) is 7.67. The largest absolute Gasteiger partial charge is 0.459 e. The highest BCUT2D eigenvalue weighted by atomic mass is 32.1. The first kappa shape index (κ1) is 15.7. The molecule has 6 nitrogen and oxygen atoms in total. The lowest BCUT2D eigenvalue weighted by Gasteiger charge is -2.22. The molecule has 0 radical (unpaired) electrons. The van der Waals surface area contributed by atoms with Crippen molar-refractivity contribution in [3.05, 3.63) is 35.2 Å². The van der Waals surface area contributed by atoms with Crippen LogP contribution in [0.2, 0.25) is 0 Å². The van der Waals surface area contributed by atoms with Crippen LogP contribution >= 0.6 is 11.3 Å². The molecule has 7 heteroatoms. The summed E-state index contributed by atoms with van der Waals surface area (Å²) in [5, 5.41) is 5.36. The summed E-state index contributed by atoms with van der Waals surface area (Å²) in [6, 6.07) is 2.81. The molecule has 23 heavy (non-hydrogen) atoms. The summed E-state index contributed by atoms with van der Waals surface area (Å²) >= 11 is 1.41. The molecule has 0 spiro atoms. The smallest absolute Gasteiger partial charge is 0.290 e. The maximum absolute atomic E-state index is 12.5. The topological polar surface area (TPSA) is 75.4 Å². The number of thiazole rings is 1. The minimum absolute atomic E-state index is 0.188. The van der Waals surface area contributed by atoms with Crippen LogP contribution in [0.25, 0.3) is 0 Å². The number of hydrogen-bond acceptors (Lipinski definition) is 5. The zero-order valence-corrected chi connectivity index (χ0v) is 13.9. The molecular formula is C16H19N3O3S. The van der Waals surface area contributed by atoms with E-state index < -0.39 is 6.04 Å². The fourth-order valence-electron chi connectivity index (χ4n) is 2.62. The number of rotatable bonds is 4.